The van der Waals surface area contributed by atoms with E-state index in [1.54, 1.807) is 86.8 Å². The lowest BCUT2D eigenvalue weighted by Crippen LogP contribution is -2.27. The van der Waals surface area contributed by atoms with Crippen LogP contribution in [0.3, 0.4) is 0 Å². The number of nitrogens with zero attached hydrogens (tertiary/aromatic N) is 1. The lowest BCUT2D eigenvalue weighted by molar-refractivity contribution is 0.0542. The number of hydrogen-bond donors (Lipinski definition) is 2. The van der Waals surface area contributed by atoms with E-state index in [4.69, 9.17) is 14.2 Å². The number of anilines is 1. The van der Waals surface area contributed by atoms with E-state index < -0.39 is 23.6 Å². The summed E-state index contributed by atoms with van der Waals surface area (Å²) in [6.07, 6.45) is 1.84. The second kappa shape index (κ2) is 13.8. The summed E-state index contributed by atoms with van der Waals surface area (Å²) < 4.78 is 18.3. The highest BCUT2D eigenvalue weighted by Crippen LogP contribution is 2.43. The fourth-order valence-electron chi connectivity index (χ4n) is 5.81. The van der Waals surface area contributed by atoms with Crippen LogP contribution in [0, 0.1) is 5.92 Å². The molecule has 0 saturated heterocycles. The Labute approximate surface area is 294 Å². The first kappa shape index (κ1) is 34.4. The molecule has 0 bridgehead atoms. The molecule has 10 nitrogen and oxygen atoms in total. The smallest absolute Gasteiger partial charge is 0.418 e. The van der Waals surface area contributed by atoms with Gasteiger partial charge in [-0.3, -0.25) is 14.2 Å². The molecule has 6 rings (SSSR count). The van der Waals surface area contributed by atoms with Crippen LogP contribution in [0.15, 0.2) is 72.2 Å². The molecule has 50 heavy (non-hydrogen) atoms. The minimum absolute atomic E-state index is 0.133. The molecule has 2 N–H and O–H groups in total. The molecule has 0 unspecified atom stereocenters. The normalized spacial score (nSPS) is 12.4. The average Bonchev–Trinajstić information content (AvgIpc) is 3.68. The summed E-state index contributed by atoms with van der Waals surface area (Å²) in [6, 6.07) is 17.4. The van der Waals surface area contributed by atoms with Gasteiger partial charge in [-0.05, 0) is 103 Å². The maximum atomic E-state index is 14.3. The van der Waals surface area contributed by atoms with E-state index in [2.05, 4.69) is 16.7 Å². The highest BCUT2D eigenvalue weighted by atomic mass is 32.1. The lowest BCUT2D eigenvalue weighted by Gasteiger charge is -2.19. The van der Waals surface area contributed by atoms with Gasteiger partial charge in [-0.15, -0.1) is 11.3 Å². The molecule has 0 atom stereocenters. The van der Waals surface area contributed by atoms with Gasteiger partial charge in [0.05, 0.1) is 24.8 Å². The quantitative estimate of drug-likeness (QED) is 0.165. The Hall–Kier alpha value is -5.42. The summed E-state index contributed by atoms with van der Waals surface area (Å²) in [5, 5.41) is 8.64. The van der Waals surface area contributed by atoms with E-state index in [1.165, 1.54) is 17.7 Å². The molecule has 0 fully saturated rings. The standard InChI is InChI=1S/C39H39N3O7S/c1-22(2)21-40-35(43)25-7-9-27(30(18-25)37(45)47-6)28-20-33-31(34-23(12-15-48-33)13-16-50-34)19-29(28)36(44)41-26-8-10-32-24(17-26)11-14-42(32)38(46)49-39(3,4)5/h7-11,13-14,16-20,22H,12,15,21H2,1-6H3,(H,40,43)(H,41,44). The number of amides is 2. The van der Waals surface area contributed by atoms with Crippen molar-refractivity contribution in [1.29, 1.82) is 0 Å². The largest absolute Gasteiger partial charge is 0.493 e. The molecule has 1 aliphatic rings. The van der Waals surface area contributed by atoms with Crippen LogP contribution in [0.4, 0.5) is 10.5 Å². The number of fused-ring (bicyclic) bond motifs is 4. The first-order chi connectivity index (χ1) is 23.8. The van der Waals surface area contributed by atoms with Gasteiger partial charge in [-0.2, -0.15) is 0 Å². The van der Waals surface area contributed by atoms with Crippen LogP contribution in [0.5, 0.6) is 5.75 Å². The van der Waals surface area contributed by atoms with Gasteiger partial charge in [0.15, 0.2) is 0 Å². The maximum Gasteiger partial charge on any atom is 0.418 e. The molecular formula is C39H39N3O7S. The Morgan fingerprint density at radius 3 is 2.46 bits per heavy atom. The summed E-state index contributed by atoms with van der Waals surface area (Å²) in [5.74, 6) is -0.572. The molecule has 0 radical (unpaired) electrons. The fourth-order valence-corrected chi connectivity index (χ4v) is 6.79. The number of carbonyl (C=O) groups excluding carboxylic acids is 4. The molecule has 258 valence electrons. The van der Waals surface area contributed by atoms with Gasteiger partial charge in [-0.1, -0.05) is 19.9 Å². The molecule has 5 aromatic rings. The van der Waals surface area contributed by atoms with Crippen LogP contribution in [-0.4, -0.2) is 54.3 Å². The Balaban J connectivity index is 1.43. The molecular weight excluding hydrogens is 655 g/mol. The van der Waals surface area contributed by atoms with Crippen molar-refractivity contribution in [3.05, 3.63) is 94.5 Å². The van der Waals surface area contributed by atoms with E-state index in [0.717, 1.165) is 21.4 Å². The van der Waals surface area contributed by atoms with Crippen LogP contribution < -0.4 is 15.4 Å². The van der Waals surface area contributed by atoms with Crippen molar-refractivity contribution in [2.45, 2.75) is 46.6 Å². The highest BCUT2D eigenvalue weighted by Gasteiger charge is 2.27. The number of aromatic nitrogens is 1. The molecule has 11 heteroatoms. The van der Waals surface area contributed by atoms with Gasteiger partial charge in [0, 0.05) is 51.8 Å². The summed E-state index contributed by atoms with van der Waals surface area (Å²) in [5.41, 5.74) is 3.95. The van der Waals surface area contributed by atoms with E-state index in [0.29, 0.717) is 58.8 Å². The molecule has 0 saturated carbocycles. The summed E-state index contributed by atoms with van der Waals surface area (Å²) in [6.45, 7) is 10.3. The number of thiophene rings is 1. The average molecular weight is 694 g/mol. The number of nitrogens with one attached hydrogen (secondary N) is 2. The van der Waals surface area contributed by atoms with Gasteiger partial charge < -0.3 is 24.8 Å². The SMILES string of the molecule is COC(=O)c1cc(C(=O)NCC(C)C)ccc1-c1cc2c(cc1C(=O)Nc1ccc3c(ccn3C(=O)OC(C)(C)C)c1)-c1sccc1CCO2. The van der Waals surface area contributed by atoms with E-state index in [1.807, 2.05) is 19.2 Å². The Bertz CT molecular complexity index is 2140. The van der Waals surface area contributed by atoms with E-state index >= 15 is 0 Å². The van der Waals surface area contributed by atoms with Crippen LogP contribution in [-0.2, 0) is 15.9 Å². The predicted octanol–water partition coefficient (Wildman–Crippen LogP) is 8.18. The third kappa shape index (κ3) is 7.13. The maximum absolute atomic E-state index is 14.3. The first-order valence-electron chi connectivity index (χ1n) is 16.4. The third-order valence-corrected chi connectivity index (χ3v) is 9.16. The Kier molecular flexibility index (Phi) is 9.53. The fraction of sp³-hybridized carbons (Fsp3) is 0.282. The zero-order valence-corrected chi connectivity index (χ0v) is 29.7. The Morgan fingerprint density at radius 1 is 0.920 bits per heavy atom. The van der Waals surface area contributed by atoms with Crippen molar-refractivity contribution in [1.82, 2.24) is 9.88 Å². The molecule has 2 amide bonds. The Morgan fingerprint density at radius 2 is 1.72 bits per heavy atom. The monoisotopic (exact) mass is 693 g/mol. The number of benzene rings is 3. The van der Waals surface area contributed by atoms with Gasteiger partial charge in [0.1, 0.15) is 11.4 Å². The zero-order valence-electron chi connectivity index (χ0n) is 28.8. The van der Waals surface area contributed by atoms with E-state index in [9.17, 15) is 19.2 Å². The van der Waals surface area contributed by atoms with Crippen molar-refractivity contribution in [3.8, 4) is 27.3 Å². The predicted molar refractivity (Wildman–Crippen MR) is 194 cm³/mol. The molecule has 0 spiro atoms. The van der Waals surface area contributed by atoms with Gasteiger partial charge in [0.25, 0.3) is 11.8 Å². The highest BCUT2D eigenvalue weighted by molar-refractivity contribution is 7.13. The van der Waals surface area contributed by atoms with Crippen molar-refractivity contribution in [2.75, 3.05) is 25.6 Å². The minimum Gasteiger partial charge on any atom is -0.493 e. The van der Waals surface area contributed by atoms with Gasteiger partial charge >= 0.3 is 12.1 Å². The number of esters is 1. The summed E-state index contributed by atoms with van der Waals surface area (Å²) in [7, 11) is 1.27. The van der Waals surface area contributed by atoms with Crippen molar-refractivity contribution in [3.63, 3.8) is 0 Å². The van der Waals surface area contributed by atoms with Crippen LogP contribution in [0.2, 0.25) is 0 Å². The molecule has 2 aromatic heterocycles. The van der Waals surface area contributed by atoms with Crippen molar-refractivity contribution in [2.24, 2.45) is 5.92 Å². The van der Waals surface area contributed by atoms with Crippen LogP contribution >= 0.6 is 11.3 Å². The number of ether oxygens (including phenoxy) is 3. The lowest BCUT2D eigenvalue weighted by atomic mass is 9.91. The zero-order chi connectivity index (χ0) is 35.7. The summed E-state index contributed by atoms with van der Waals surface area (Å²) >= 11 is 1.57. The summed E-state index contributed by atoms with van der Waals surface area (Å²) in [4.78, 5) is 54.3. The van der Waals surface area contributed by atoms with Crippen molar-refractivity contribution < 1.29 is 33.4 Å². The van der Waals surface area contributed by atoms with Crippen LogP contribution in [0.1, 0.15) is 71.3 Å². The first-order valence-corrected chi connectivity index (χ1v) is 17.2. The van der Waals surface area contributed by atoms with E-state index in [-0.39, 0.29) is 17.4 Å². The molecule has 0 aliphatic carbocycles. The van der Waals surface area contributed by atoms with Crippen LogP contribution in [0.25, 0.3) is 32.5 Å². The van der Waals surface area contributed by atoms with Crippen molar-refractivity contribution >= 4 is 51.8 Å². The second-order valence-corrected chi connectivity index (χ2v) is 14.4. The van der Waals surface area contributed by atoms with Gasteiger partial charge in [-0.25, -0.2) is 9.59 Å². The third-order valence-electron chi connectivity index (χ3n) is 8.17. The topological polar surface area (TPSA) is 125 Å². The number of hydrogen-bond acceptors (Lipinski definition) is 8. The molecule has 3 aromatic carbocycles. The number of rotatable bonds is 7. The molecule has 1 aliphatic heterocycles. The number of methoxy groups -OCH3 is 1. The number of carbonyl (C=O) groups is 4. The minimum atomic E-state index is -0.656. The van der Waals surface area contributed by atoms with Gasteiger partial charge in [0.2, 0.25) is 0 Å². The molecule has 3 heterocycles. The second-order valence-electron chi connectivity index (χ2n) is 13.5.